The van der Waals surface area contributed by atoms with Gasteiger partial charge in [-0.3, -0.25) is 9.59 Å². The van der Waals surface area contributed by atoms with E-state index in [0.29, 0.717) is 23.0 Å². The van der Waals surface area contributed by atoms with Gasteiger partial charge in [0.05, 0.1) is 31.7 Å². The smallest absolute Gasteiger partial charge is 0.262 e. The van der Waals surface area contributed by atoms with Crippen molar-refractivity contribution in [3.8, 4) is 11.5 Å². The summed E-state index contributed by atoms with van der Waals surface area (Å²) in [6.45, 7) is 2.05. The quantitative estimate of drug-likeness (QED) is 0.454. The average molecular weight is 529 g/mol. The van der Waals surface area contributed by atoms with Gasteiger partial charge in [-0.15, -0.1) is 0 Å². The van der Waals surface area contributed by atoms with E-state index in [-0.39, 0.29) is 24.3 Å². The number of aryl methyl sites for hydroxylation is 1. The van der Waals surface area contributed by atoms with Gasteiger partial charge in [0.2, 0.25) is 5.91 Å². The molecular formula is C29H28N4O4S. The molecule has 0 spiro atoms. The standard InChI is InChI=1S/C29H28N4O4S/c1-18-8-10-20(11-9-18)24-16-23(19-12-14-21(36-2)15-13-19)32-33(24)29-31-28(35)26(38-29)17-27(34)30-22-6-4-5-7-25(22)37-3/h4-15,24,26H,16-17H2,1-3H3,(H,30,34)/t24-,26+/m0/s1. The summed E-state index contributed by atoms with van der Waals surface area (Å²) in [5.74, 6) is 0.711. The highest BCUT2D eigenvalue weighted by Crippen LogP contribution is 2.39. The molecule has 2 aliphatic heterocycles. The number of methoxy groups -OCH3 is 2. The molecule has 1 N–H and O–H groups in total. The fourth-order valence-electron chi connectivity index (χ4n) is 4.41. The summed E-state index contributed by atoms with van der Waals surface area (Å²) >= 11 is 1.28. The predicted octanol–water partition coefficient (Wildman–Crippen LogP) is 5.19. The fourth-order valence-corrected chi connectivity index (χ4v) is 5.48. The van der Waals surface area contributed by atoms with Crippen LogP contribution in [0.1, 0.15) is 35.6 Å². The van der Waals surface area contributed by atoms with Crippen LogP contribution in [0, 0.1) is 6.92 Å². The Morgan fingerprint density at radius 1 is 1.03 bits per heavy atom. The fraction of sp³-hybridized carbons (Fsp3) is 0.241. The van der Waals surface area contributed by atoms with E-state index in [9.17, 15) is 9.59 Å². The molecule has 0 bridgehead atoms. The number of nitrogens with zero attached hydrogens (tertiary/aromatic N) is 3. The summed E-state index contributed by atoms with van der Waals surface area (Å²) in [5.41, 5.74) is 4.68. The average Bonchev–Trinajstić information content (AvgIpc) is 3.53. The van der Waals surface area contributed by atoms with E-state index in [2.05, 4.69) is 34.6 Å². The number of para-hydroxylation sites is 2. The van der Waals surface area contributed by atoms with Crippen LogP contribution in [0.3, 0.4) is 0 Å². The third kappa shape index (κ3) is 5.43. The monoisotopic (exact) mass is 528 g/mol. The lowest BCUT2D eigenvalue weighted by atomic mass is 9.98. The number of rotatable bonds is 7. The van der Waals surface area contributed by atoms with Gasteiger partial charge in [-0.25, -0.2) is 5.01 Å². The van der Waals surface area contributed by atoms with Crippen LogP contribution in [0.25, 0.3) is 0 Å². The van der Waals surface area contributed by atoms with Crippen molar-refractivity contribution >= 4 is 40.1 Å². The Hall–Kier alpha value is -4.11. The molecule has 3 aromatic carbocycles. The summed E-state index contributed by atoms with van der Waals surface area (Å²) in [6.07, 6.45) is 0.648. The highest BCUT2D eigenvalue weighted by molar-refractivity contribution is 8.15. The Morgan fingerprint density at radius 3 is 2.47 bits per heavy atom. The van der Waals surface area contributed by atoms with Gasteiger partial charge in [0.15, 0.2) is 5.17 Å². The van der Waals surface area contributed by atoms with Crippen LogP contribution < -0.4 is 14.8 Å². The van der Waals surface area contributed by atoms with Gasteiger partial charge in [0.25, 0.3) is 5.91 Å². The van der Waals surface area contributed by atoms with Gasteiger partial charge in [0.1, 0.15) is 16.7 Å². The summed E-state index contributed by atoms with van der Waals surface area (Å²) in [5, 5.41) is 9.44. The number of ether oxygens (including phenoxy) is 2. The van der Waals surface area contributed by atoms with Crippen LogP contribution >= 0.6 is 11.8 Å². The van der Waals surface area contributed by atoms with Gasteiger partial charge in [-0.1, -0.05) is 53.7 Å². The van der Waals surface area contributed by atoms with Crippen LogP contribution in [-0.4, -0.2) is 47.2 Å². The lowest BCUT2D eigenvalue weighted by molar-refractivity contribution is -0.121. The van der Waals surface area contributed by atoms with Crippen molar-refractivity contribution in [2.75, 3.05) is 19.5 Å². The molecule has 0 saturated carbocycles. The zero-order valence-electron chi connectivity index (χ0n) is 21.4. The molecule has 0 aliphatic carbocycles. The second-order valence-corrected chi connectivity index (χ2v) is 10.2. The third-order valence-corrected chi connectivity index (χ3v) is 7.61. The van der Waals surface area contributed by atoms with Crippen LogP contribution in [-0.2, 0) is 9.59 Å². The van der Waals surface area contributed by atoms with Crippen LogP contribution in [0.15, 0.2) is 82.9 Å². The molecule has 9 heteroatoms. The van der Waals surface area contributed by atoms with Crippen molar-refractivity contribution < 1.29 is 19.1 Å². The Balaban J connectivity index is 1.35. The number of hydrogen-bond acceptors (Lipinski definition) is 7. The number of thioether (sulfide) groups is 1. The molecule has 2 aliphatic rings. The molecular weight excluding hydrogens is 500 g/mol. The van der Waals surface area contributed by atoms with E-state index >= 15 is 0 Å². The number of nitrogens with one attached hydrogen (secondary N) is 1. The van der Waals surface area contributed by atoms with E-state index in [1.165, 1.54) is 17.3 Å². The van der Waals surface area contributed by atoms with E-state index in [4.69, 9.17) is 14.6 Å². The van der Waals surface area contributed by atoms with Crippen LogP contribution in [0.2, 0.25) is 0 Å². The van der Waals surface area contributed by atoms with Crippen molar-refractivity contribution in [3.63, 3.8) is 0 Å². The Kier molecular flexibility index (Phi) is 7.46. The maximum absolute atomic E-state index is 12.9. The molecule has 194 valence electrons. The summed E-state index contributed by atoms with van der Waals surface area (Å²) in [7, 11) is 3.18. The van der Waals surface area contributed by atoms with Gasteiger partial charge < -0.3 is 14.8 Å². The Labute approximate surface area is 225 Å². The molecule has 38 heavy (non-hydrogen) atoms. The normalized spacial score (nSPS) is 18.7. The number of anilines is 1. The minimum absolute atomic E-state index is 0.00730. The second-order valence-electron chi connectivity index (χ2n) is 9.04. The molecule has 0 fully saturated rings. The Bertz CT molecular complexity index is 1400. The zero-order valence-corrected chi connectivity index (χ0v) is 22.2. The van der Waals surface area contributed by atoms with Gasteiger partial charge in [-0.2, -0.15) is 10.1 Å². The van der Waals surface area contributed by atoms with Gasteiger partial charge in [0, 0.05) is 12.8 Å². The number of aliphatic imine (C=N–C) groups is 1. The van der Waals surface area contributed by atoms with Crippen molar-refractivity contribution in [1.29, 1.82) is 0 Å². The van der Waals surface area contributed by atoms with Gasteiger partial charge in [-0.05, 0) is 54.4 Å². The van der Waals surface area contributed by atoms with Gasteiger partial charge >= 0.3 is 0 Å². The van der Waals surface area contributed by atoms with Crippen molar-refractivity contribution in [3.05, 3.63) is 89.5 Å². The lowest BCUT2D eigenvalue weighted by Gasteiger charge is -2.23. The summed E-state index contributed by atoms with van der Waals surface area (Å²) < 4.78 is 10.6. The van der Waals surface area contributed by atoms with E-state index in [1.807, 2.05) is 48.3 Å². The molecule has 8 nitrogen and oxygen atoms in total. The predicted molar refractivity (Wildman–Crippen MR) is 150 cm³/mol. The molecule has 0 unspecified atom stereocenters. The minimum atomic E-state index is -0.626. The Morgan fingerprint density at radius 2 is 1.76 bits per heavy atom. The first kappa shape index (κ1) is 25.5. The molecule has 0 saturated heterocycles. The highest BCUT2D eigenvalue weighted by Gasteiger charge is 2.39. The number of carbonyl (C=O) groups excluding carboxylic acids is 2. The first-order valence-corrected chi connectivity index (χ1v) is 13.1. The number of benzene rings is 3. The summed E-state index contributed by atoms with van der Waals surface area (Å²) in [6, 6.07) is 23.1. The molecule has 5 rings (SSSR count). The number of carbonyl (C=O) groups is 2. The third-order valence-electron chi connectivity index (χ3n) is 6.47. The maximum atomic E-state index is 12.9. The minimum Gasteiger partial charge on any atom is -0.497 e. The molecule has 2 atom stereocenters. The lowest BCUT2D eigenvalue weighted by Crippen LogP contribution is -2.25. The first-order chi connectivity index (χ1) is 18.4. The molecule has 0 aromatic heterocycles. The van der Waals surface area contributed by atoms with Crippen LogP contribution in [0.5, 0.6) is 11.5 Å². The number of hydrazone groups is 1. The van der Waals surface area contributed by atoms with Crippen molar-refractivity contribution in [1.82, 2.24) is 5.01 Å². The maximum Gasteiger partial charge on any atom is 0.262 e. The van der Waals surface area contributed by atoms with E-state index in [1.54, 1.807) is 26.4 Å². The molecule has 0 radical (unpaired) electrons. The molecule has 2 amide bonds. The second kappa shape index (κ2) is 11.1. The van der Waals surface area contributed by atoms with Crippen molar-refractivity contribution in [2.24, 2.45) is 10.1 Å². The largest absolute Gasteiger partial charge is 0.497 e. The number of hydrogen-bond donors (Lipinski definition) is 1. The van der Waals surface area contributed by atoms with E-state index < -0.39 is 5.25 Å². The van der Waals surface area contributed by atoms with Crippen LogP contribution in [0.4, 0.5) is 5.69 Å². The number of amidine groups is 1. The topological polar surface area (TPSA) is 92.6 Å². The number of amides is 2. The zero-order chi connectivity index (χ0) is 26.6. The SMILES string of the molecule is COc1ccc(C2=NN(C3=NC(=O)[C@@H](CC(=O)Nc4ccccc4OC)S3)[C@H](c3ccc(C)cc3)C2)cc1. The first-order valence-electron chi connectivity index (χ1n) is 12.2. The van der Waals surface area contributed by atoms with E-state index in [0.717, 1.165) is 22.6 Å². The summed E-state index contributed by atoms with van der Waals surface area (Å²) in [4.78, 5) is 30.0. The van der Waals surface area contributed by atoms with Crippen molar-refractivity contribution in [2.45, 2.75) is 31.1 Å². The molecule has 3 aromatic rings. The highest BCUT2D eigenvalue weighted by atomic mass is 32.2. The molecule has 2 heterocycles.